The fourth-order valence-corrected chi connectivity index (χ4v) is 2.48. The van der Waals surface area contributed by atoms with Crippen LogP contribution in [-0.2, 0) is 4.79 Å². The van der Waals surface area contributed by atoms with E-state index in [9.17, 15) is 4.79 Å². The van der Waals surface area contributed by atoms with Gasteiger partial charge in [-0.05, 0) is 36.4 Å². The van der Waals surface area contributed by atoms with E-state index in [0.29, 0.717) is 22.4 Å². The number of hydrogen-bond donors (Lipinski definition) is 1. The zero-order valence-corrected chi connectivity index (χ0v) is 13.3. The zero-order chi connectivity index (χ0) is 16.8. The van der Waals surface area contributed by atoms with Gasteiger partial charge in [-0.25, -0.2) is 0 Å². The minimum Gasteiger partial charge on any atom is -0.411 e. The summed E-state index contributed by atoms with van der Waals surface area (Å²) in [5, 5.41) is 19.7. The Hall–Kier alpha value is -3.11. The molecule has 3 rings (SSSR count). The van der Waals surface area contributed by atoms with Crippen molar-refractivity contribution in [3.8, 4) is 17.5 Å². The second kappa shape index (κ2) is 7.44. The van der Waals surface area contributed by atoms with Crippen molar-refractivity contribution >= 4 is 23.4 Å². The lowest BCUT2D eigenvalue weighted by Gasteiger charge is -2.03. The molecule has 118 valence electrons. The van der Waals surface area contributed by atoms with Crippen LogP contribution in [0.1, 0.15) is 5.56 Å². The minimum atomic E-state index is -0.191. The first kappa shape index (κ1) is 15.8. The molecule has 1 aromatic heterocycles. The van der Waals surface area contributed by atoms with E-state index in [-0.39, 0.29) is 11.7 Å². The molecule has 0 saturated carbocycles. The molecule has 1 N–H and O–H groups in total. The summed E-state index contributed by atoms with van der Waals surface area (Å²) < 4.78 is 5.53. The molecule has 0 saturated heterocycles. The average Bonchev–Trinajstić information content (AvgIpc) is 3.10. The monoisotopic (exact) mass is 336 g/mol. The van der Waals surface area contributed by atoms with Gasteiger partial charge >= 0.3 is 0 Å². The maximum atomic E-state index is 11.9. The first-order valence-electron chi connectivity index (χ1n) is 7.06. The molecule has 0 radical (unpaired) electrons. The summed E-state index contributed by atoms with van der Waals surface area (Å²) in [6.45, 7) is 0. The van der Waals surface area contributed by atoms with Crippen LogP contribution in [0.25, 0.3) is 11.5 Å². The summed E-state index contributed by atoms with van der Waals surface area (Å²) in [5.74, 6) is 0.380. The lowest BCUT2D eigenvalue weighted by molar-refractivity contribution is -0.113. The van der Waals surface area contributed by atoms with Crippen LogP contribution in [0.3, 0.4) is 0 Å². The third-order valence-corrected chi connectivity index (χ3v) is 3.87. The summed E-state index contributed by atoms with van der Waals surface area (Å²) in [6, 6.07) is 18.1. The number of thioether (sulfide) groups is 1. The molecule has 0 aliphatic rings. The second-order valence-corrected chi connectivity index (χ2v) is 5.69. The van der Waals surface area contributed by atoms with Gasteiger partial charge in [-0.15, -0.1) is 10.2 Å². The Kier molecular flexibility index (Phi) is 4.89. The largest absolute Gasteiger partial charge is 0.411 e. The van der Waals surface area contributed by atoms with Crippen LogP contribution in [-0.4, -0.2) is 21.9 Å². The van der Waals surface area contributed by atoms with Gasteiger partial charge in [0.1, 0.15) is 0 Å². The normalized spacial score (nSPS) is 10.1. The van der Waals surface area contributed by atoms with Gasteiger partial charge in [-0.3, -0.25) is 4.79 Å². The molecule has 0 unspecified atom stereocenters. The number of nitriles is 1. The molecule has 0 aliphatic carbocycles. The molecule has 0 atom stereocenters. The first-order valence-corrected chi connectivity index (χ1v) is 8.05. The van der Waals surface area contributed by atoms with Gasteiger partial charge < -0.3 is 9.73 Å². The number of anilines is 1. The number of amides is 1. The third-order valence-electron chi connectivity index (χ3n) is 3.05. The smallest absolute Gasteiger partial charge is 0.277 e. The van der Waals surface area contributed by atoms with Gasteiger partial charge in [-0.2, -0.15) is 5.26 Å². The fraction of sp³-hybridized carbons (Fsp3) is 0.0588. The zero-order valence-electron chi connectivity index (χ0n) is 12.5. The van der Waals surface area contributed by atoms with Crippen LogP contribution in [0.4, 0.5) is 5.69 Å². The van der Waals surface area contributed by atoms with Crippen LogP contribution < -0.4 is 5.32 Å². The van der Waals surface area contributed by atoms with Crippen molar-refractivity contribution in [1.29, 1.82) is 5.26 Å². The highest BCUT2D eigenvalue weighted by atomic mass is 32.2. The van der Waals surface area contributed by atoms with Crippen molar-refractivity contribution < 1.29 is 9.21 Å². The lowest BCUT2D eigenvalue weighted by Crippen LogP contribution is -2.13. The molecule has 3 aromatic rings. The number of nitrogens with zero attached hydrogens (tertiary/aromatic N) is 3. The average molecular weight is 336 g/mol. The van der Waals surface area contributed by atoms with Crippen LogP contribution in [0.15, 0.2) is 64.2 Å². The Balaban J connectivity index is 1.55. The molecule has 2 aromatic carbocycles. The highest BCUT2D eigenvalue weighted by Crippen LogP contribution is 2.23. The standard InChI is InChI=1S/C17H12N4O2S/c18-10-12-6-8-14(9-7-12)19-15(22)11-24-17-21-20-16(23-17)13-4-2-1-3-5-13/h1-9H,11H2,(H,19,22). The van der Waals surface area contributed by atoms with Crippen molar-refractivity contribution in [2.75, 3.05) is 11.1 Å². The van der Waals surface area contributed by atoms with Gasteiger partial charge in [0.2, 0.25) is 11.8 Å². The molecule has 0 fully saturated rings. The maximum absolute atomic E-state index is 11.9. The number of aromatic nitrogens is 2. The number of carbonyl (C=O) groups excluding carboxylic acids is 1. The molecule has 24 heavy (non-hydrogen) atoms. The number of hydrogen-bond acceptors (Lipinski definition) is 6. The Morgan fingerprint density at radius 2 is 1.88 bits per heavy atom. The molecule has 6 nitrogen and oxygen atoms in total. The molecule has 0 bridgehead atoms. The number of carbonyl (C=O) groups is 1. The Morgan fingerprint density at radius 3 is 2.58 bits per heavy atom. The highest BCUT2D eigenvalue weighted by molar-refractivity contribution is 7.99. The van der Waals surface area contributed by atoms with Crippen molar-refractivity contribution in [2.24, 2.45) is 0 Å². The quantitative estimate of drug-likeness (QED) is 0.718. The number of benzene rings is 2. The van der Waals surface area contributed by atoms with E-state index >= 15 is 0 Å². The van der Waals surface area contributed by atoms with E-state index in [2.05, 4.69) is 15.5 Å². The summed E-state index contributed by atoms with van der Waals surface area (Å²) in [4.78, 5) is 11.9. The molecule has 1 heterocycles. The predicted molar refractivity (Wildman–Crippen MR) is 90.2 cm³/mol. The topological polar surface area (TPSA) is 91.8 Å². The fourth-order valence-electron chi connectivity index (χ4n) is 1.92. The van der Waals surface area contributed by atoms with Gasteiger partial charge in [0.25, 0.3) is 5.22 Å². The van der Waals surface area contributed by atoms with E-state index in [1.807, 2.05) is 36.4 Å². The van der Waals surface area contributed by atoms with Crippen LogP contribution in [0, 0.1) is 11.3 Å². The van der Waals surface area contributed by atoms with E-state index < -0.39 is 0 Å². The molecule has 7 heteroatoms. The Bertz CT molecular complexity index is 870. The Morgan fingerprint density at radius 1 is 1.12 bits per heavy atom. The molecular weight excluding hydrogens is 324 g/mol. The molecule has 1 amide bonds. The van der Waals surface area contributed by atoms with E-state index in [1.54, 1.807) is 24.3 Å². The predicted octanol–water partition coefficient (Wildman–Crippen LogP) is 3.34. The van der Waals surface area contributed by atoms with E-state index in [4.69, 9.17) is 9.68 Å². The summed E-state index contributed by atoms with van der Waals surface area (Å²) >= 11 is 1.17. The van der Waals surface area contributed by atoms with Gasteiger partial charge in [-0.1, -0.05) is 30.0 Å². The molecule has 0 aliphatic heterocycles. The minimum absolute atomic E-state index is 0.149. The van der Waals surface area contributed by atoms with Crippen molar-refractivity contribution in [3.63, 3.8) is 0 Å². The molecular formula is C17H12N4O2S. The van der Waals surface area contributed by atoms with E-state index in [0.717, 1.165) is 5.56 Å². The van der Waals surface area contributed by atoms with Crippen molar-refractivity contribution in [1.82, 2.24) is 10.2 Å². The van der Waals surface area contributed by atoms with Crippen molar-refractivity contribution in [2.45, 2.75) is 5.22 Å². The maximum Gasteiger partial charge on any atom is 0.277 e. The summed E-state index contributed by atoms with van der Waals surface area (Å²) in [5.41, 5.74) is 2.01. The third kappa shape index (κ3) is 4.00. The second-order valence-electron chi connectivity index (χ2n) is 4.77. The molecule has 0 spiro atoms. The lowest BCUT2D eigenvalue weighted by atomic mass is 10.2. The van der Waals surface area contributed by atoms with Crippen LogP contribution in [0.2, 0.25) is 0 Å². The first-order chi connectivity index (χ1) is 11.7. The van der Waals surface area contributed by atoms with E-state index in [1.165, 1.54) is 11.8 Å². The van der Waals surface area contributed by atoms with Crippen molar-refractivity contribution in [3.05, 3.63) is 60.2 Å². The van der Waals surface area contributed by atoms with Gasteiger partial charge in [0.05, 0.1) is 17.4 Å². The number of rotatable bonds is 5. The SMILES string of the molecule is N#Cc1ccc(NC(=O)CSc2nnc(-c3ccccc3)o2)cc1. The van der Waals surface area contributed by atoms with Gasteiger partial charge in [0, 0.05) is 11.3 Å². The number of nitrogens with one attached hydrogen (secondary N) is 1. The highest BCUT2D eigenvalue weighted by Gasteiger charge is 2.11. The Labute approximate surface area is 142 Å². The van der Waals surface area contributed by atoms with Crippen LogP contribution >= 0.6 is 11.8 Å². The summed E-state index contributed by atoms with van der Waals surface area (Å²) in [6.07, 6.45) is 0. The summed E-state index contributed by atoms with van der Waals surface area (Å²) in [7, 11) is 0. The van der Waals surface area contributed by atoms with Crippen LogP contribution in [0.5, 0.6) is 0 Å². The van der Waals surface area contributed by atoms with Gasteiger partial charge in [0.15, 0.2) is 0 Å².